The van der Waals surface area contributed by atoms with Crippen LogP contribution in [0.3, 0.4) is 0 Å². The fourth-order valence-electron chi connectivity index (χ4n) is 1.72. The molecule has 0 saturated heterocycles. The molecule has 0 atom stereocenters. The number of ether oxygens (including phenoxy) is 1. The van der Waals surface area contributed by atoms with E-state index in [2.05, 4.69) is 17.2 Å². The molecule has 106 valence electrons. The van der Waals surface area contributed by atoms with Gasteiger partial charge in [0.2, 0.25) is 0 Å². The van der Waals surface area contributed by atoms with Gasteiger partial charge in [-0.3, -0.25) is 4.79 Å². The molecule has 3 nitrogen and oxygen atoms in total. The topological polar surface area (TPSA) is 38.3 Å². The van der Waals surface area contributed by atoms with Crippen LogP contribution in [-0.4, -0.2) is 19.6 Å². The van der Waals surface area contributed by atoms with Gasteiger partial charge in [0.05, 0.1) is 19.2 Å². The second-order valence-corrected chi connectivity index (χ2v) is 4.63. The van der Waals surface area contributed by atoms with E-state index < -0.39 is 0 Å². The summed E-state index contributed by atoms with van der Waals surface area (Å²) >= 11 is 5.77. The highest BCUT2D eigenvalue weighted by atomic mass is 35.5. The van der Waals surface area contributed by atoms with E-state index in [1.165, 1.54) is 0 Å². The molecule has 2 aromatic rings. The van der Waals surface area contributed by atoms with Gasteiger partial charge in [0.1, 0.15) is 5.75 Å². The lowest BCUT2D eigenvalue weighted by molar-refractivity contribution is 0.0958. The third-order valence-corrected chi connectivity index (χ3v) is 3.03. The van der Waals surface area contributed by atoms with Crippen LogP contribution in [0, 0.1) is 11.8 Å². The van der Waals surface area contributed by atoms with Crippen LogP contribution in [0.15, 0.2) is 48.5 Å². The van der Waals surface area contributed by atoms with Gasteiger partial charge in [-0.1, -0.05) is 35.6 Å². The third-order valence-electron chi connectivity index (χ3n) is 2.77. The minimum atomic E-state index is -0.180. The van der Waals surface area contributed by atoms with Crippen molar-refractivity contribution in [2.24, 2.45) is 0 Å². The predicted octanol–water partition coefficient (Wildman–Crippen LogP) is 3.13. The molecule has 0 aromatic heterocycles. The first-order valence-electron chi connectivity index (χ1n) is 6.36. The van der Waals surface area contributed by atoms with Crippen LogP contribution in [0.4, 0.5) is 0 Å². The zero-order valence-corrected chi connectivity index (χ0v) is 12.3. The second-order valence-electron chi connectivity index (χ2n) is 4.19. The molecule has 2 rings (SSSR count). The first kappa shape index (κ1) is 15.0. The Hall–Kier alpha value is -2.44. The Morgan fingerprint density at radius 3 is 2.62 bits per heavy atom. The number of benzene rings is 2. The maximum absolute atomic E-state index is 11.8. The minimum absolute atomic E-state index is 0.180. The van der Waals surface area contributed by atoms with Crippen LogP contribution in [0.1, 0.15) is 15.9 Å². The number of nitrogens with one attached hydrogen (secondary N) is 1. The smallest absolute Gasteiger partial charge is 0.252 e. The molecular weight excluding hydrogens is 286 g/mol. The van der Waals surface area contributed by atoms with Crippen molar-refractivity contribution >= 4 is 17.5 Å². The van der Waals surface area contributed by atoms with E-state index in [4.69, 9.17) is 16.3 Å². The van der Waals surface area contributed by atoms with Crippen molar-refractivity contribution in [1.29, 1.82) is 0 Å². The van der Waals surface area contributed by atoms with Gasteiger partial charge < -0.3 is 10.1 Å². The lowest BCUT2D eigenvalue weighted by Crippen LogP contribution is -2.23. The van der Waals surface area contributed by atoms with Crippen LogP contribution >= 0.6 is 11.6 Å². The Bertz CT molecular complexity index is 684. The van der Waals surface area contributed by atoms with E-state index in [-0.39, 0.29) is 12.5 Å². The van der Waals surface area contributed by atoms with E-state index >= 15 is 0 Å². The summed E-state index contributed by atoms with van der Waals surface area (Å²) in [7, 11) is 1.60. The van der Waals surface area contributed by atoms with Crippen LogP contribution < -0.4 is 10.1 Å². The first-order chi connectivity index (χ1) is 10.2. The standard InChI is InChI=1S/C17H14ClNO2/c1-21-16-7-3-2-5-13(16)6-4-12-19-17(20)14-8-10-15(18)11-9-14/h2-3,5,7-11H,12H2,1H3,(H,19,20). The first-order valence-corrected chi connectivity index (χ1v) is 6.74. The SMILES string of the molecule is COc1ccccc1C#CCNC(=O)c1ccc(Cl)cc1. The molecule has 0 spiro atoms. The Balaban J connectivity index is 1.94. The van der Waals surface area contributed by atoms with Gasteiger partial charge in [-0.05, 0) is 36.4 Å². The molecular formula is C17H14ClNO2. The van der Waals surface area contributed by atoms with Crippen molar-refractivity contribution in [2.75, 3.05) is 13.7 Å². The van der Waals surface area contributed by atoms with E-state index in [0.29, 0.717) is 16.3 Å². The average molecular weight is 300 g/mol. The van der Waals surface area contributed by atoms with Crippen molar-refractivity contribution < 1.29 is 9.53 Å². The zero-order valence-electron chi connectivity index (χ0n) is 11.5. The summed E-state index contributed by atoms with van der Waals surface area (Å²) in [6, 6.07) is 14.2. The van der Waals surface area contributed by atoms with Gasteiger partial charge in [0.15, 0.2) is 0 Å². The number of amides is 1. The molecule has 0 aliphatic rings. The van der Waals surface area contributed by atoms with Crippen molar-refractivity contribution in [3.05, 3.63) is 64.7 Å². The number of para-hydroxylation sites is 1. The van der Waals surface area contributed by atoms with E-state index in [9.17, 15) is 4.79 Å². The Morgan fingerprint density at radius 2 is 1.90 bits per heavy atom. The number of carbonyl (C=O) groups is 1. The summed E-state index contributed by atoms with van der Waals surface area (Å²) in [5, 5.41) is 3.33. The molecule has 0 saturated carbocycles. The molecule has 0 radical (unpaired) electrons. The fraction of sp³-hybridized carbons (Fsp3) is 0.118. The molecule has 0 aliphatic carbocycles. The monoisotopic (exact) mass is 299 g/mol. The van der Waals surface area contributed by atoms with E-state index in [1.807, 2.05) is 24.3 Å². The molecule has 4 heteroatoms. The molecule has 1 amide bonds. The van der Waals surface area contributed by atoms with Crippen molar-refractivity contribution in [3.8, 4) is 17.6 Å². The molecule has 21 heavy (non-hydrogen) atoms. The van der Waals surface area contributed by atoms with Crippen LogP contribution in [-0.2, 0) is 0 Å². The number of hydrogen-bond donors (Lipinski definition) is 1. The summed E-state index contributed by atoms with van der Waals surface area (Å²) in [5.41, 5.74) is 1.35. The highest BCUT2D eigenvalue weighted by molar-refractivity contribution is 6.30. The maximum atomic E-state index is 11.8. The summed E-state index contributed by atoms with van der Waals surface area (Å²) < 4.78 is 5.20. The molecule has 0 fully saturated rings. The van der Waals surface area contributed by atoms with Gasteiger partial charge in [-0.2, -0.15) is 0 Å². The lowest BCUT2D eigenvalue weighted by Gasteiger charge is -2.02. The molecule has 0 heterocycles. The number of methoxy groups -OCH3 is 1. The number of halogens is 1. The van der Waals surface area contributed by atoms with Crippen LogP contribution in [0.2, 0.25) is 5.02 Å². The van der Waals surface area contributed by atoms with Crippen LogP contribution in [0.5, 0.6) is 5.75 Å². The van der Waals surface area contributed by atoms with Gasteiger partial charge in [-0.15, -0.1) is 0 Å². The molecule has 2 aromatic carbocycles. The quantitative estimate of drug-likeness (QED) is 0.884. The Kier molecular flexibility index (Phi) is 5.25. The summed E-state index contributed by atoms with van der Waals surface area (Å²) in [6.07, 6.45) is 0. The van der Waals surface area contributed by atoms with Gasteiger partial charge in [0.25, 0.3) is 5.91 Å². The maximum Gasteiger partial charge on any atom is 0.252 e. The van der Waals surface area contributed by atoms with Crippen molar-refractivity contribution in [3.63, 3.8) is 0 Å². The van der Waals surface area contributed by atoms with Crippen molar-refractivity contribution in [1.82, 2.24) is 5.32 Å². The summed E-state index contributed by atoms with van der Waals surface area (Å²) in [6.45, 7) is 0.263. The van der Waals surface area contributed by atoms with Gasteiger partial charge >= 0.3 is 0 Å². The highest BCUT2D eigenvalue weighted by Crippen LogP contribution is 2.15. The van der Waals surface area contributed by atoms with Crippen molar-refractivity contribution in [2.45, 2.75) is 0 Å². The molecule has 0 aliphatic heterocycles. The fourth-order valence-corrected chi connectivity index (χ4v) is 1.84. The lowest BCUT2D eigenvalue weighted by atomic mass is 10.2. The third kappa shape index (κ3) is 4.27. The minimum Gasteiger partial charge on any atom is -0.495 e. The van der Waals surface area contributed by atoms with Gasteiger partial charge in [-0.25, -0.2) is 0 Å². The predicted molar refractivity (Wildman–Crippen MR) is 83.7 cm³/mol. The summed E-state index contributed by atoms with van der Waals surface area (Å²) in [4.78, 5) is 11.8. The molecule has 0 unspecified atom stereocenters. The highest BCUT2D eigenvalue weighted by Gasteiger charge is 2.03. The Labute approximate surface area is 128 Å². The Morgan fingerprint density at radius 1 is 1.19 bits per heavy atom. The zero-order chi connectivity index (χ0) is 15.1. The molecule has 0 bridgehead atoms. The molecule has 1 N–H and O–H groups in total. The normalized spacial score (nSPS) is 9.43. The van der Waals surface area contributed by atoms with Crippen LogP contribution in [0.25, 0.3) is 0 Å². The van der Waals surface area contributed by atoms with Gasteiger partial charge in [0, 0.05) is 10.6 Å². The largest absolute Gasteiger partial charge is 0.495 e. The van der Waals surface area contributed by atoms with E-state index in [1.54, 1.807) is 31.4 Å². The second kappa shape index (κ2) is 7.37. The average Bonchev–Trinajstić information content (AvgIpc) is 2.52. The number of hydrogen-bond acceptors (Lipinski definition) is 2. The van der Waals surface area contributed by atoms with E-state index in [0.717, 1.165) is 5.56 Å². The number of rotatable bonds is 3. The number of carbonyl (C=O) groups excluding carboxylic acids is 1. The summed E-state index contributed by atoms with van der Waals surface area (Å²) in [5.74, 6) is 6.41.